The fraction of sp³-hybridized carbons (Fsp3) is 0.476. The number of aromatic nitrogens is 2. The van der Waals surface area contributed by atoms with Gasteiger partial charge in [-0.1, -0.05) is 18.2 Å². The average Bonchev–Trinajstić information content (AvgIpc) is 3.02. The van der Waals surface area contributed by atoms with E-state index >= 15 is 4.39 Å². The number of H-pyrrole nitrogens is 1. The van der Waals surface area contributed by atoms with Crippen LogP contribution in [0.1, 0.15) is 27.0 Å². The van der Waals surface area contributed by atoms with Crippen molar-refractivity contribution < 1.29 is 37.9 Å². The van der Waals surface area contributed by atoms with Crippen LogP contribution in [-0.4, -0.2) is 62.5 Å². The average molecular weight is 547 g/mol. The van der Waals surface area contributed by atoms with E-state index in [1.54, 1.807) is 44.2 Å². The first-order valence-electron chi connectivity index (χ1n) is 10.9. The number of ether oxygens (including phenoxy) is 2. The number of aliphatic hydroxyl groups excluding tert-OH is 2. The van der Waals surface area contributed by atoms with E-state index in [0.717, 1.165) is 16.8 Å². The molecular weight excluding hydrogens is 520 g/mol. The lowest BCUT2D eigenvalue weighted by atomic mass is 10.1. The maximum Gasteiger partial charge on any atom is 0.330 e. The Morgan fingerprint density at radius 1 is 1.28 bits per heavy atom. The molecular formula is C21H27FN3O9PS. The van der Waals surface area contributed by atoms with Gasteiger partial charge in [0.1, 0.15) is 30.6 Å². The highest BCUT2D eigenvalue weighted by Gasteiger charge is 2.57. The number of benzene rings is 1. The van der Waals surface area contributed by atoms with E-state index in [4.69, 9.17) is 30.3 Å². The molecule has 3 rings (SSSR count). The normalized spacial score (nSPS) is 26.4. The molecule has 1 aliphatic rings. The van der Waals surface area contributed by atoms with E-state index in [1.807, 2.05) is 4.98 Å². The number of carbonyl (C=O) groups is 1. The minimum absolute atomic E-state index is 0.260. The Bertz CT molecular complexity index is 1230. The first-order chi connectivity index (χ1) is 16.8. The minimum atomic E-state index is -3.69. The quantitative estimate of drug-likeness (QED) is 0.245. The molecule has 1 aromatic heterocycles. The minimum Gasteiger partial charge on any atom is -0.462 e. The molecule has 1 saturated heterocycles. The van der Waals surface area contributed by atoms with Crippen molar-refractivity contribution in [1.29, 1.82) is 0 Å². The Balaban J connectivity index is 1.81. The van der Waals surface area contributed by atoms with Gasteiger partial charge in [-0.2, -0.15) is 0 Å². The van der Waals surface area contributed by atoms with E-state index < -0.39 is 66.9 Å². The standard InChI is InChI=1S/C21H27FN3O9PS/c1-12(2)32-19(29)13(3)24-35(36,34-14-7-5-4-6-8-14)31-11-21(22)17(28)16(27)18(33-21)25-10-9-15(26)23-20(25)30/h4-10,12-13,16-18,27-28H,11H2,1-3H3,(H,24,36)(H,23,26,30). The predicted octanol–water partition coefficient (Wildman–Crippen LogP) is 0.703. The van der Waals surface area contributed by atoms with Crippen LogP contribution in [0.4, 0.5) is 4.39 Å². The summed E-state index contributed by atoms with van der Waals surface area (Å²) in [6, 6.07) is 8.14. The first kappa shape index (κ1) is 28.1. The van der Waals surface area contributed by atoms with Crippen LogP contribution in [0.3, 0.4) is 0 Å². The van der Waals surface area contributed by atoms with Gasteiger partial charge in [0.05, 0.1) is 6.10 Å². The van der Waals surface area contributed by atoms with Gasteiger partial charge in [0.2, 0.25) is 0 Å². The van der Waals surface area contributed by atoms with Crippen molar-refractivity contribution in [3.63, 3.8) is 0 Å². The molecule has 0 spiro atoms. The number of hydrogen-bond donors (Lipinski definition) is 4. The van der Waals surface area contributed by atoms with Gasteiger partial charge in [-0.25, -0.2) is 14.3 Å². The van der Waals surface area contributed by atoms with Gasteiger partial charge in [0.25, 0.3) is 11.4 Å². The maximum atomic E-state index is 15.7. The van der Waals surface area contributed by atoms with Gasteiger partial charge in [-0.3, -0.25) is 19.1 Å². The zero-order chi connectivity index (χ0) is 26.7. The molecule has 12 nitrogen and oxygen atoms in total. The van der Waals surface area contributed by atoms with E-state index in [9.17, 15) is 24.6 Å². The highest BCUT2D eigenvalue weighted by molar-refractivity contribution is 8.09. The van der Waals surface area contributed by atoms with Crippen molar-refractivity contribution in [3.05, 3.63) is 63.4 Å². The number of nitrogens with one attached hydrogen (secondary N) is 2. The van der Waals surface area contributed by atoms with Gasteiger partial charge < -0.3 is 28.7 Å². The molecule has 6 atom stereocenters. The van der Waals surface area contributed by atoms with Gasteiger partial charge in [-0.05, 0) is 44.7 Å². The molecule has 0 aliphatic carbocycles. The third-order valence-electron chi connectivity index (χ3n) is 4.96. The van der Waals surface area contributed by atoms with Crippen molar-refractivity contribution in [2.24, 2.45) is 0 Å². The van der Waals surface area contributed by atoms with Crippen molar-refractivity contribution in [2.45, 2.75) is 57.2 Å². The van der Waals surface area contributed by atoms with Gasteiger partial charge in [-0.15, -0.1) is 0 Å². The molecule has 4 N–H and O–H groups in total. The summed E-state index contributed by atoms with van der Waals surface area (Å²) in [4.78, 5) is 37.6. The third-order valence-corrected chi connectivity index (χ3v) is 7.44. The number of aliphatic hydroxyl groups is 2. The Labute approximate surface area is 210 Å². The Morgan fingerprint density at radius 3 is 2.56 bits per heavy atom. The molecule has 0 saturated carbocycles. The van der Waals surface area contributed by atoms with Crippen LogP contribution in [0.15, 0.2) is 52.2 Å². The van der Waals surface area contributed by atoms with Crippen LogP contribution in [0.2, 0.25) is 0 Å². The summed E-state index contributed by atoms with van der Waals surface area (Å²) in [6.45, 7) is 0.0584. The second-order valence-electron chi connectivity index (χ2n) is 8.26. The Hall–Kier alpha value is -2.45. The number of esters is 1. The molecule has 2 aromatic rings. The summed E-state index contributed by atoms with van der Waals surface area (Å²) < 4.78 is 38.1. The molecule has 6 unspecified atom stereocenters. The molecule has 198 valence electrons. The van der Waals surface area contributed by atoms with E-state index in [2.05, 4.69) is 5.09 Å². The largest absolute Gasteiger partial charge is 0.462 e. The summed E-state index contributed by atoms with van der Waals surface area (Å²) >= 11 is 5.49. The summed E-state index contributed by atoms with van der Waals surface area (Å²) in [5.41, 5.74) is -1.70. The summed E-state index contributed by atoms with van der Waals surface area (Å²) in [7, 11) is 0. The van der Waals surface area contributed by atoms with Gasteiger partial charge in [0.15, 0.2) is 6.23 Å². The highest BCUT2D eigenvalue weighted by atomic mass is 32.5. The van der Waals surface area contributed by atoms with Crippen LogP contribution in [0, 0.1) is 0 Å². The lowest BCUT2D eigenvalue weighted by molar-refractivity contribution is -0.203. The number of hydrogen-bond acceptors (Lipinski definition) is 10. The zero-order valence-corrected chi connectivity index (χ0v) is 21.3. The number of aromatic amines is 1. The van der Waals surface area contributed by atoms with Crippen LogP contribution in [0.5, 0.6) is 5.75 Å². The lowest BCUT2D eigenvalue weighted by Crippen LogP contribution is -2.44. The van der Waals surface area contributed by atoms with Crippen LogP contribution < -0.4 is 20.9 Å². The molecule has 0 bridgehead atoms. The fourth-order valence-electron chi connectivity index (χ4n) is 3.23. The summed E-state index contributed by atoms with van der Waals surface area (Å²) in [6.07, 6.45) is -5.16. The number of alkyl halides is 1. The highest BCUT2D eigenvalue weighted by Crippen LogP contribution is 2.48. The van der Waals surface area contributed by atoms with Crippen LogP contribution >= 0.6 is 6.64 Å². The van der Waals surface area contributed by atoms with Crippen molar-refractivity contribution >= 4 is 24.4 Å². The predicted molar refractivity (Wildman–Crippen MR) is 128 cm³/mol. The van der Waals surface area contributed by atoms with E-state index in [-0.39, 0.29) is 5.75 Å². The Kier molecular flexibility index (Phi) is 8.83. The van der Waals surface area contributed by atoms with Crippen molar-refractivity contribution in [3.8, 4) is 5.75 Å². The Morgan fingerprint density at radius 2 is 1.94 bits per heavy atom. The topological polar surface area (TPSA) is 161 Å². The molecule has 15 heteroatoms. The molecule has 0 amide bonds. The van der Waals surface area contributed by atoms with Crippen molar-refractivity contribution in [1.82, 2.24) is 14.6 Å². The number of carbonyl (C=O) groups excluding carboxylic acids is 1. The third kappa shape index (κ3) is 6.65. The number of rotatable bonds is 10. The number of halogens is 1. The van der Waals surface area contributed by atoms with Crippen molar-refractivity contribution in [2.75, 3.05) is 6.61 Å². The second kappa shape index (κ2) is 11.3. The van der Waals surface area contributed by atoms with Gasteiger partial charge >= 0.3 is 18.3 Å². The lowest BCUT2D eigenvalue weighted by Gasteiger charge is -2.30. The van der Waals surface area contributed by atoms with Crippen LogP contribution in [-0.2, 0) is 30.6 Å². The molecule has 2 heterocycles. The molecule has 0 radical (unpaired) electrons. The monoisotopic (exact) mass is 547 g/mol. The molecule has 36 heavy (non-hydrogen) atoms. The number of para-hydroxylation sites is 1. The fourth-order valence-corrected chi connectivity index (χ4v) is 5.62. The number of nitrogens with zero attached hydrogens (tertiary/aromatic N) is 1. The zero-order valence-electron chi connectivity index (χ0n) is 19.6. The SMILES string of the molecule is CC(C)OC(=O)C(C)NP(=S)(OCC1(F)OC(n2ccc(=O)[nH]c2=O)C(O)C1O)Oc1ccccc1. The molecule has 1 aromatic carbocycles. The molecule has 1 aliphatic heterocycles. The summed E-state index contributed by atoms with van der Waals surface area (Å²) in [5.74, 6) is -3.43. The first-order valence-corrected chi connectivity index (χ1v) is 13.5. The van der Waals surface area contributed by atoms with Crippen LogP contribution in [0.25, 0.3) is 0 Å². The summed E-state index contributed by atoms with van der Waals surface area (Å²) in [5, 5.41) is 23.5. The van der Waals surface area contributed by atoms with E-state index in [1.165, 1.54) is 6.92 Å². The van der Waals surface area contributed by atoms with E-state index in [0.29, 0.717) is 0 Å². The molecule has 1 fully saturated rings. The second-order valence-corrected chi connectivity index (χ2v) is 11.4. The smallest absolute Gasteiger partial charge is 0.330 e. The maximum absolute atomic E-state index is 15.7. The van der Waals surface area contributed by atoms with Gasteiger partial charge in [0, 0.05) is 12.3 Å².